The molecule has 0 heterocycles. The van der Waals surface area contributed by atoms with E-state index >= 15 is 0 Å². The maximum atomic E-state index is 11.7. The van der Waals surface area contributed by atoms with E-state index in [1.165, 1.54) is 0 Å². The van der Waals surface area contributed by atoms with Crippen LogP contribution in [0.15, 0.2) is 12.7 Å². The van der Waals surface area contributed by atoms with Crippen LogP contribution in [0.1, 0.15) is 71.6 Å². The average Bonchev–Trinajstić information content (AvgIpc) is 2.43. The summed E-state index contributed by atoms with van der Waals surface area (Å²) >= 11 is 0. The summed E-state index contributed by atoms with van der Waals surface area (Å²) < 4.78 is 10.3. The zero-order chi connectivity index (χ0) is 15.2. The Morgan fingerprint density at radius 1 is 1.00 bits per heavy atom. The van der Waals surface area contributed by atoms with Crippen molar-refractivity contribution in [3.8, 4) is 0 Å². The SMILES string of the molecule is C=CC(=O)OC(CCCCC)OC(=O)CCCCCC.P. The molecule has 2 atom stereocenters. The molecule has 0 aromatic rings. The molecule has 0 aliphatic carbocycles. The summed E-state index contributed by atoms with van der Waals surface area (Å²) in [5.41, 5.74) is 0. The van der Waals surface area contributed by atoms with Gasteiger partial charge in [-0.05, 0) is 12.8 Å². The zero-order valence-corrected chi connectivity index (χ0v) is 15.0. The highest BCUT2D eigenvalue weighted by atomic mass is 31.0. The lowest BCUT2D eigenvalue weighted by atomic mass is 10.1. The van der Waals surface area contributed by atoms with E-state index in [1.54, 1.807) is 0 Å². The first-order chi connectivity index (χ1) is 9.63. The summed E-state index contributed by atoms with van der Waals surface area (Å²) in [5.74, 6) is -0.843. The molecule has 0 N–H and O–H groups in total. The van der Waals surface area contributed by atoms with E-state index in [9.17, 15) is 9.59 Å². The third-order valence-electron chi connectivity index (χ3n) is 2.95. The van der Waals surface area contributed by atoms with Gasteiger partial charge in [0.05, 0.1) is 0 Å². The van der Waals surface area contributed by atoms with E-state index in [0.29, 0.717) is 12.8 Å². The summed E-state index contributed by atoms with van der Waals surface area (Å²) in [5, 5.41) is 0. The Morgan fingerprint density at radius 3 is 2.19 bits per heavy atom. The van der Waals surface area contributed by atoms with Gasteiger partial charge in [-0.25, -0.2) is 4.79 Å². The Bertz CT molecular complexity index is 292. The molecule has 0 rings (SSSR count). The number of carbonyl (C=O) groups is 2. The lowest BCUT2D eigenvalue weighted by Crippen LogP contribution is -2.24. The number of rotatable bonds is 12. The molecule has 0 spiro atoms. The lowest BCUT2D eigenvalue weighted by Gasteiger charge is -2.17. The van der Waals surface area contributed by atoms with Gasteiger partial charge >= 0.3 is 11.9 Å². The molecule has 0 aromatic carbocycles. The Morgan fingerprint density at radius 2 is 1.62 bits per heavy atom. The summed E-state index contributed by atoms with van der Waals surface area (Å²) in [7, 11) is 0. The molecule has 124 valence electrons. The quantitative estimate of drug-likeness (QED) is 0.178. The van der Waals surface area contributed by atoms with Gasteiger partial charge in [0.1, 0.15) is 0 Å². The first-order valence-corrected chi connectivity index (χ1v) is 7.66. The van der Waals surface area contributed by atoms with Crippen LogP contribution in [0.25, 0.3) is 0 Å². The van der Waals surface area contributed by atoms with E-state index in [-0.39, 0.29) is 15.9 Å². The van der Waals surface area contributed by atoms with E-state index in [1.807, 2.05) is 0 Å². The van der Waals surface area contributed by atoms with Gasteiger partial charge in [-0.1, -0.05) is 52.5 Å². The van der Waals surface area contributed by atoms with E-state index in [2.05, 4.69) is 20.4 Å². The van der Waals surface area contributed by atoms with Crippen LogP contribution in [0, 0.1) is 0 Å². The molecule has 0 bridgehead atoms. The fourth-order valence-corrected chi connectivity index (χ4v) is 1.78. The van der Waals surface area contributed by atoms with Crippen LogP contribution in [0.3, 0.4) is 0 Å². The van der Waals surface area contributed by atoms with Gasteiger partial charge in [0.15, 0.2) is 0 Å². The highest BCUT2D eigenvalue weighted by Gasteiger charge is 2.17. The molecule has 4 nitrogen and oxygen atoms in total. The third-order valence-corrected chi connectivity index (χ3v) is 2.95. The summed E-state index contributed by atoms with van der Waals surface area (Å²) in [6, 6.07) is 0. The summed E-state index contributed by atoms with van der Waals surface area (Å²) in [4.78, 5) is 22.9. The van der Waals surface area contributed by atoms with Gasteiger partial charge in [-0.15, -0.1) is 0 Å². The molecule has 0 aliphatic heterocycles. The number of hydrogen-bond acceptors (Lipinski definition) is 4. The van der Waals surface area contributed by atoms with Crippen molar-refractivity contribution in [2.75, 3.05) is 0 Å². The molecule has 0 aromatic heterocycles. The van der Waals surface area contributed by atoms with E-state index in [0.717, 1.165) is 51.0 Å². The molecule has 0 amide bonds. The van der Waals surface area contributed by atoms with Crippen LogP contribution >= 0.6 is 9.90 Å². The predicted octanol–water partition coefficient (Wildman–Crippen LogP) is 4.19. The smallest absolute Gasteiger partial charge is 0.333 e. The second kappa shape index (κ2) is 15.5. The predicted molar refractivity (Wildman–Crippen MR) is 90.2 cm³/mol. The van der Waals surface area contributed by atoms with Crippen molar-refractivity contribution in [3.63, 3.8) is 0 Å². The maximum Gasteiger partial charge on any atom is 0.333 e. The molecule has 21 heavy (non-hydrogen) atoms. The number of carbonyl (C=O) groups excluding carboxylic acids is 2. The topological polar surface area (TPSA) is 52.6 Å². The molecule has 0 saturated heterocycles. The fraction of sp³-hybridized carbons (Fsp3) is 0.750. The van der Waals surface area contributed by atoms with Crippen LogP contribution in [0.4, 0.5) is 0 Å². The van der Waals surface area contributed by atoms with E-state index < -0.39 is 12.3 Å². The molecule has 0 fully saturated rings. The Balaban J connectivity index is 0. The van der Waals surface area contributed by atoms with Gasteiger partial charge in [0.25, 0.3) is 0 Å². The molecule has 5 heteroatoms. The Labute approximate surface area is 132 Å². The second-order valence-electron chi connectivity index (χ2n) is 4.87. The fourth-order valence-electron chi connectivity index (χ4n) is 1.78. The largest absolute Gasteiger partial charge is 0.425 e. The monoisotopic (exact) mass is 318 g/mol. The summed E-state index contributed by atoms with van der Waals surface area (Å²) in [6.45, 7) is 7.55. The average molecular weight is 318 g/mol. The number of hydrogen-bond donors (Lipinski definition) is 0. The third kappa shape index (κ3) is 13.8. The molecule has 0 radical (unpaired) electrons. The number of ether oxygens (including phenoxy) is 2. The molecule has 0 aliphatic rings. The van der Waals surface area contributed by atoms with Crippen LogP contribution in [0.5, 0.6) is 0 Å². The lowest BCUT2D eigenvalue weighted by molar-refractivity contribution is -0.185. The zero-order valence-electron chi connectivity index (χ0n) is 13.6. The number of esters is 2. The minimum absolute atomic E-state index is 0. The summed E-state index contributed by atoms with van der Waals surface area (Å²) in [6.07, 6.45) is 8.31. The van der Waals surface area contributed by atoms with Gasteiger partial charge < -0.3 is 9.47 Å². The van der Waals surface area contributed by atoms with Crippen molar-refractivity contribution in [2.24, 2.45) is 0 Å². The minimum Gasteiger partial charge on any atom is -0.425 e. The van der Waals surface area contributed by atoms with Crippen LogP contribution in [0.2, 0.25) is 0 Å². The molecule has 2 unspecified atom stereocenters. The number of unbranched alkanes of at least 4 members (excludes halogenated alkanes) is 5. The van der Waals surface area contributed by atoms with Gasteiger partial charge in [-0.3, -0.25) is 4.79 Å². The first kappa shape index (κ1) is 22.4. The molecular formula is C16H31O4P. The van der Waals surface area contributed by atoms with Crippen molar-refractivity contribution in [2.45, 2.75) is 77.9 Å². The minimum atomic E-state index is -0.772. The van der Waals surface area contributed by atoms with Crippen molar-refractivity contribution in [1.82, 2.24) is 0 Å². The van der Waals surface area contributed by atoms with Gasteiger partial charge in [-0.2, -0.15) is 9.90 Å². The normalized spacial score (nSPS) is 11.1. The Hall–Kier alpha value is -0.890. The van der Waals surface area contributed by atoms with Crippen molar-refractivity contribution < 1.29 is 19.1 Å². The van der Waals surface area contributed by atoms with E-state index in [4.69, 9.17) is 9.47 Å². The van der Waals surface area contributed by atoms with Gasteiger partial charge in [0.2, 0.25) is 6.29 Å². The van der Waals surface area contributed by atoms with Gasteiger partial charge in [0, 0.05) is 18.9 Å². The highest BCUT2D eigenvalue weighted by molar-refractivity contribution is 6.92. The maximum absolute atomic E-state index is 11.7. The standard InChI is InChI=1S/C16H28O4.H3P/c1-4-7-9-11-12-15(18)20-16(13-10-8-5-2)19-14(17)6-3;/h6,16H,3-5,7-13H2,1-2H3;1H3. The van der Waals surface area contributed by atoms with Crippen molar-refractivity contribution >= 4 is 21.8 Å². The van der Waals surface area contributed by atoms with Crippen molar-refractivity contribution in [3.05, 3.63) is 12.7 Å². The van der Waals surface area contributed by atoms with Crippen LogP contribution in [-0.2, 0) is 19.1 Å². The van der Waals surface area contributed by atoms with Crippen molar-refractivity contribution in [1.29, 1.82) is 0 Å². The molecular weight excluding hydrogens is 287 g/mol. The van der Waals surface area contributed by atoms with Crippen LogP contribution in [-0.4, -0.2) is 18.2 Å². The van der Waals surface area contributed by atoms with Crippen LogP contribution < -0.4 is 0 Å². The highest BCUT2D eigenvalue weighted by Crippen LogP contribution is 2.11. The first-order valence-electron chi connectivity index (χ1n) is 7.66. The second-order valence-corrected chi connectivity index (χ2v) is 4.87. The Kier molecular flexibility index (Phi) is 16.5. The molecule has 0 saturated carbocycles.